The van der Waals surface area contributed by atoms with E-state index in [0.717, 1.165) is 10.4 Å². The molecule has 0 unspecified atom stereocenters. The van der Waals surface area contributed by atoms with Crippen molar-refractivity contribution in [2.45, 2.75) is 6.92 Å². The smallest absolute Gasteiger partial charge is 0.339 e. The van der Waals surface area contributed by atoms with Crippen molar-refractivity contribution in [2.75, 3.05) is 12.1 Å². The maximum Gasteiger partial charge on any atom is 0.339 e. The molecule has 0 saturated carbocycles. The van der Waals surface area contributed by atoms with E-state index in [2.05, 4.69) is 5.32 Å². The Labute approximate surface area is 159 Å². The molecule has 1 aliphatic rings. The lowest BCUT2D eigenvalue weighted by molar-refractivity contribution is 0.0699. The molecule has 2 aromatic carbocycles. The van der Waals surface area contributed by atoms with Crippen LogP contribution in [0.1, 0.15) is 25.6 Å². The Morgan fingerprint density at radius 2 is 1.81 bits per heavy atom. The Morgan fingerprint density at radius 3 is 2.56 bits per heavy atom. The van der Waals surface area contributed by atoms with Crippen LogP contribution in [-0.2, 0) is 0 Å². The third kappa shape index (κ3) is 3.13. The van der Waals surface area contributed by atoms with E-state index >= 15 is 0 Å². The van der Waals surface area contributed by atoms with Crippen molar-refractivity contribution < 1.29 is 24.2 Å². The predicted molar refractivity (Wildman–Crippen MR) is 102 cm³/mol. The summed E-state index contributed by atoms with van der Waals surface area (Å²) in [7, 11) is 0. The molecule has 1 aromatic heterocycles. The Balaban J connectivity index is 1.70. The number of ether oxygens (including phenoxy) is 2. The summed E-state index contributed by atoms with van der Waals surface area (Å²) in [6.07, 6.45) is 0. The first-order chi connectivity index (χ1) is 13.0. The molecule has 0 fully saturated rings. The summed E-state index contributed by atoms with van der Waals surface area (Å²) in [5.74, 6) is -0.416. The van der Waals surface area contributed by atoms with Crippen LogP contribution in [0.25, 0.3) is 11.1 Å². The zero-order valence-corrected chi connectivity index (χ0v) is 15.1. The zero-order valence-electron chi connectivity index (χ0n) is 14.3. The monoisotopic (exact) mass is 381 g/mol. The molecular weight excluding hydrogens is 366 g/mol. The van der Waals surface area contributed by atoms with E-state index < -0.39 is 11.9 Å². The first kappa shape index (κ1) is 17.1. The second-order valence-corrected chi connectivity index (χ2v) is 7.16. The molecule has 0 radical (unpaired) electrons. The number of benzene rings is 2. The van der Waals surface area contributed by atoms with Gasteiger partial charge >= 0.3 is 5.97 Å². The second-order valence-electron chi connectivity index (χ2n) is 5.93. The number of carbonyl (C=O) groups is 2. The van der Waals surface area contributed by atoms with Gasteiger partial charge in [-0.2, -0.15) is 0 Å². The van der Waals surface area contributed by atoms with Gasteiger partial charge in [0.05, 0.1) is 0 Å². The van der Waals surface area contributed by atoms with Gasteiger partial charge in [0.15, 0.2) is 11.5 Å². The van der Waals surface area contributed by atoms with Crippen molar-refractivity contribution >= 4 is 28.2 Å². The van der Waals surface area contributed by atoms with Crippen LogP contribution in [-0.4, -0.2) is 23.8 Å². The first-order valence-electron chi connectivity index (χ1n) is 8.17. The van der Waals surface area contributed by atoms with Crippen LogP contribution in [0.3, 0.4) is 0 Å². The van der Waals surface area contributed by atoms with Gasteiger partial charge in [0.1, 0.15) is 10.6 Å². The van der Waals surface area contributed by atoms with Crippen LogP contribution in [0.2, 0.25) is 0 Å². The summed E-state index contributed by atoms with van der Waals surface area (Å²) in [6.45, 7) is 1.96. The third-order valence-electron chi connectivity index (χ3n) is 4.22. The van der Waals surface area contributed by atoms with E-state index in [4.69, 9.17) is 9.47 Å². The van der Waals surface area contributed by atoms with E-state index in [-0.39, 0.29) is 12.4 Å². The average molecular weight is 381 g/mol. The van der Waals surface area contributed by atoms with E-state index in [1.165, 1.54) is 11.3 Å². The number of carbonyl (C=O) groups excluding carboxylic acids is 1. The molecule has 2 heterocycles. The van der Waals surface area contributed by atoms with Crippen molar-refractivity contribution in [2.24, 2.45) is 0 Å². The molecule has 136 valence electrons. The van der Waals surface area contributed by atoms with Crippen LogP contribution in [0.4, 0.5) is 5.00 Å². The SMILES string of the molecule is Cc1sc(NC(=O)c2ccc3c(c2)OCO3)c(C(=O)O)c1-c1ccccc1. The van der Waals surface area contributed by atoms with Gasteiger partial charge in [0.2, 0.25) is 6.79 Å². The first-order valence-corrected chi connectivity index (χ1v) is 8.99. The highest BCUT2D eigenvalue weighted by atomic mass is 32.1. The van der Waals surface area contributed by atoms with Crippen LogP contribution >= 0.6 is 11.3 Å². The normalized spacial score (nSPS) is 12.0. The Kier molecular flexibility index (Phi) is 4.29. The lowest BCUT2D eigenvalue weighted by Gasteiger charge is -2.07. The van der Waals surface area contributed by atoms with Crippen molar-refractivity contribution in [3.8, 4) is 22.6 Å². The number of nitrogens with one attached hydrogen (secondary N) is 1. The number of anilines is 1. The minimum Gasteiger partial charge on any atom is -0.478 e. The quantitative estimate of drug-likeness (QED) is 0.700. The van der Waals surface area contributed by atoms with Crippen molar-refractivity contribution in [1.82, 2.24) is 0 Å². The number of aromatic carboxylic acids is 1. The van der Waals surface area contributed by atoms with Gasteiger partial charge < -0.3 is 19.9 Å². The summed E-state index contributed by atoms with van der Waals surface area (Å²) >= 11 is 1.24. The van der Waals surface area contributed by atoms with Gasteiger partial charge in [-0.05, 0) is 30.7 Å². The average Bonchev–Trinajstić information content (AvgIpc) is 3.25. The Morgan fingerprint density at radius 1 is 1.07 bits per heavy atom. The molecule has 0 atom stereocenters. The molecular formula is C20H15NO5S. The fourth-order valence-electron chi connectivity index (χ4n) is 3.00. The maximum atomic E-state index is 12.7. The van der Waals surface area contributed by atoms with E-state index in [9.17, 15) is 14.7 Å². The summed E-state index contributed by atoms with van der Waals surface area (Å²) in [5, 5.41) is 12.8. The van der Waals surface area contributed by atoms with Gasteiger partial charge in [0.25, 0.3) is 5.91 Å². The standard InChI is InChI=1S/C20H15NO5S/c1-11-16(12-5-3-2-4-6-12)17(20(23)24)19(27-11)21-18(22)13-7-8-14-15(9-13)26-10-25-14/h2-9H,10H2,1H3,(H,21,22)(H,23,24). The highest BCUT2D eigenvalue weighted by Crippen LogP contribution is 2.40. The molecule has 1 amide bonds. The van der Waals surface area contributed by atoms with Gasteiger partial charge in [0, 0.05) is 16.0 Å². The summed E-state index contributed by atoms with van der Waals surface area (Å²) < 4.78 is 10.5. The predicted octanol–water partition coefficient (Wildman–Crippen LogP) is 4.40. The Bertz CT molecular complexity index is 1040. The minimum atomic E-state index is -1.08. The highest BCUT2D eigenvalue weighted by Gasteiger charge is 2.25. The molecule has 1 aliphatic heterocycles. The molecule has 0 spiro atoms. The number of amides is 1. The number of fused-ring (bicyclic) bond motifs is 1. The van der Waals surface area contributed by atoms with Crippen molar-refractivity contribution in [3.63, 3.8) is 0 Å². The second kappa shape index (κ2) is 6.77. The topological polar surface area (TPSA) is 84.9 Å². The molecule has 0 bridgehead atoms. The van der Waals surface area contributed by atoms with Gasteiger partial charge in [-0.3, -0.25) is 4.79 Å². The summed E-state index contributed by atoms with van der Waals surface area (Å²) in [6, 6.07) is 14.1. The number of hydrogen-bond acceptors (Lipinski definition) is 5. The van der Waals surface area contributed by atoms with E-state index in [1.807, 2.05) is 37.3 Å². The zero-order chi connectivity index (χ0) is 19.0. The fraction of sp³-hybridized carbons (Fsp3) is 0.100. The molecule has 3 aromatic rings. The van der Waals surface area contributed by atoms with Crippen molar-refractivity contribution in [1.29, 1.82) is 0 Å². The van der Waals surface area contributed by atoms with Gasteiger partial charge in [-0.15, -0.1) is 11.3 Å². The highest BCUT2D eigenvalue weighted by molar-refractivity contribution is 7.17. The van der Waals surface area contributed by atoms with Crippen LogP contribution < -0.4 is 14.8 Å². The number of hydrogen-bond donors (Lipinski definition) is 2. The van der Waals surface area contributed by atoms with Crippen LogP contribution in [0.5, 0.6) is 11.5 Å². The summed E-state index contributed by atoms with van der Waals surface area (Å²) in [5.41, 5.74) is 1.88. The molecule has 27 heavy (non-hydrogen) atoms. The van der Waals surface area contributed by atoms with Crippen LogP contribution in [0, 0.1) is 6.92 Å². The van der Waals surface area contributed by atoms with Gasteiger partial charge in [-0.1, -0.05) is 30.3 Å². The number of carboxylic acid groups (broad SMARTS) is 1. The molecule has 0 saturated heterocycles. The fourth-order valence-corrected chi connectivity index (χ4v) is 4.07. The van der Waals surface area contributed by atoms with Crippen LogP contribution in [0.15, 0.2) is 48.5 Å². The number of rotatable bonds is 4. The molecule has 6 nitrogen and oxygen atoms in total. The van der Waals surface area contributed by atoms with Crippen molar-refractivity contribution in [3.05, 3.63) is 64.5 Å². The van der Waals surface area contributed by atoms with Gasteiger partial charge in [-0.25, -0.2) is 4.79 Å². The maximum absolute atomic E-state index is 12.7. The summed E-state index contributed by atoms with van der Waals surface area (Å²) in [4.78, 5) is 25.4. The number of carboxylic acids is 1. The molecule has 2 N–H and O–H groups in total. The lowest BCUT2D eigenvalue weighted by Crippen LogP contribution is -2.13. The minimum absolute atomic E-state index is 0.0952. The third-order valence-corrected chi connectivity index (χ3v) is 5.24. The van der Waals surface area contributed by atoms with E-state index in [0.29, 0.717) is 27.6 Å². The lowest BCUT2D eigenvalue weighted by atomic mass is 10.0. The largest absolute Gasteiger partial charge is 0.478 e. The molecule has 0 aliphatic carbocycles. The molecule has 7 heteroatoms. The van der Waals surface area contributed by atoms with E-state index in [1.54, 1.807) is 18.2 Å². The molecule has 4 rings (SSSR count). The number of aryl methyl sites for hydroxylation is 1. The number of thiophene rings is 1. The Hall–Kier alpha value is -3.32.